The summed E-state index contributed by atoms with van der Waals surface area (Å²) < 4.78 is 0. The molecule has 2 N–H and O–H groups in total. The van der Waals surface area contributed by atoms with Gasteiger partial charge >= 0.3 is 0 Å². The molecular weight excluding hydrogens is 254 g/mol. The number of rotatable bonds is 3. The van der Waals surface area contributed by atoms with Gasteiger partial charge in [0.25, 0.3) is 5.69 Å². The third kappa shape index (κ3) is 3.00. The fraction of sp³-hybridized carbons (Fsp3) is 0. The number of nitrogens with zero attached hydrogens (tertiary/aromatic N) is 2. The van der Waals surface area contributed by atoms with E-state index in [9.17, 15) is 10.1 Å². The second kappa shape index (κ2) is 5.67. The maximum absolute atomic E-state index is 10.7. The first kappa shape index (κ1) is 13.3. The van der Waals surface area contributed by atoms with Gasteiger partial charge < -0.3 is 5.73 Å². The highest BCUT2D eigenvalue weighted by molar-refractivity contribution is 5.72. The van der Waals surface area contributed by atoms with E-state index in [1.54, 1.807) is 24.3 Å². The number of nitrogen functional groups attached to an aromatic ring is 1. The van der Waals surface area contributed by atoms with Gasteiger partial charge in [0.1, 0.15) is 11.6 Å². The fourth-order valence-corrected chi connectivity index (χ4v) is 1.71. The average Bonchev–Trinajstić information content (AvgIpc) is 2.46. The second-order valence-electron chi connectivity index (χ2n) is 4.15. The summed E-state index contributed by atoms with van der Waals surface area (Å²) in [6.07, 6.45) is 3.64. The van der Waals surface area contributed by atoms with Crippen LogP contribution in [0.3, 0.4) is 0 Å². The third-order valence-electron chi connectivity index (χ3n) is 2.74. The smallest absolute Gasteiger partial charge is 0.287 e. The van der Waals surface area contributed by atoms with Crippen molar-refractivity contribution in [2.45, 2.75) is 0 Å². The lowest BCUT2D eigenvalue weighted by atomic mass is 10.1. The lowest BCUT2D eigenvalue weighted by molar-refractivity contribution is -0.385. The lowest BCUT2D eigenvalue weighted by Gasteiger charge is -1.98. The highest BCUT2D eigenvalue weighted by Gasteiger charge is 2.12. The highest BCUT2D eigenvalue weighted by atomic mass is 16.6. The van der Waals surface area contributed by atoms with Gasteiger partial charge in [-0.25, -0.2) is 0 Å². The topological polar surface area (TPSA) is 93.0 Å². The molecule has 20 heavy (non-hydrogen) atoms. The largest absolute Gasteiger partial charge is 0.399 e. The van der Waals surface area contributed by atoms with Crippen LogP contribution < -0.4 is 5.73 Å². The first-order valence-corrected chi connectivity index (χ1v) is 5.82. The summed E-state index contributed by atoms with van der Waals surface area (Å²) in [4.78, 5) is 10.2. The predicted octanol–water partition coefficient (Wildman–Crippen LogP) is 3.22. The van der Waals surface area contributed by atoms with Crippen molar-refractivity contribution in [1.82, 2.24) is 0 Å². The van der Waals surface area contributed by atoms with E-state index in [4.69, 9.17) is 11.0 Å². The van der Waals surface area contributed by atoms with Gasteiger partial charge in [-0.15, -0.1) is 0 Å². The molecular formula is C15H11N3O2. The number of nitro groups is 1. The summed E-state index contributed by atoms with van der Waals surface area (Å²) >= 11 is 0. The number of nitrogens with two attached hydrogens (primary N) is 1. The molecule has 0 aliphatic carbocycles. The van der Waals surface area contributed by atoms with Gasteiger partial charge in [0.05, 0.1) is 4.92 Å². The van der Waals surface area contributed by atoms with Crippen molar-refractivity contribution >= 4 is 23.5 Å². The Hall–Kier alpha value is -3.13. The molecule has 0 radical (unpaired) electrons. The molecule has 0 atom stereocenters. The first-order chi connectivity index (χ1) is 9.60. The Morgan fingerprint density at radius 1 is 1.10 bits per heavy atom. The van der Waals surface area contributed by atoms with Gasteiger partial charge in [-0.2, -0.15) is 5.26 Å². The van der Waals surface area contributed by atoms with Gasteiger partial charge in [-0.3, -0.25) is 10.1 Å². The number of hydrogen-bond donors (Lipinski definition) is 1. The van der Waals surface area contributed by atoms with Crippen LogP contribution in [0, 0.1) is 21.4 Å². The minimum absolute atomic E-state index is 0.0504. The lowest BCUT2D eigenvalue weighted by Crippen LogP contribution is -1.92. The quantitative estimate of drug-likeness (QED) is 0.399. The normalized spacial score (nSPS) is 10.3. The highest BCUT2D eigenvalue weighted by Crippen LogP contribution is 2.20. The van der Waals surface area contributed by atoms with Crippen molar-refractivity contribution in [3.63, 3.8) is 0 Å². The van der Waals surface area contributed by atoms with E-state index in [1.165, 1.54) is 12.1 Å². The molecule has 0 saturated carbocycles. The number of anilines is 1. The van der Waals surface area contributed by atoms with Crippen molar-refractivity contribution in [2.24, 2.45) is 0 Å². The van der Waals surface area contributed by atoms with Crippen LogP contribution in [-0.2, 0) is 0 Å². The van der Waals surface area contributed by atoms with Gasteiger partial charge in [0.2, 0.25) is 0 Å². The summed E-state index contributed by atoms with van der Waals surface area (Å²) in [5.41, 5.74) is 7.83. The number of hydrogen-bond acceptors (Lipinski definition) is 4. The van der Waals surface area contributed by atoms with Crippen LogP contribution in [0.15, 0.2) is 42.5 Å². The van der Waals surface area contributed by atoms with Crippen LogP contribution in [-0.4, -0.2) is 4.92 Å². The minimum Gasteiger partial charge on any atom is -0.399 e. The van der Waals surface area contributed by atoms with Crippen molar-refractivity contribution in [1.29, 1.82) is 5.26 Å². The Kier molecular flexibility index (Phi) is 3.77. The summed E-state index contributed by atoms with van der Waals surface area (Å²) in [6, 6.07) is 13.6. The van der Waals surface area contributed by atoms with Gasteiger partial charge in [0, 0.05) is 11.8 Å². The zero-order chi connectivity index (χ0) is 14.5. The van der Waals surface area contributed by atoms with Crippen molar-refractivity contribution in [3.8, 4) is 6.07 Å². The molecule has 98 valence electrons. The maximum Gasteiger partial charge on any atom is 0.287 e. The zero-order valence-corrected chi connectivity index (χ0v) is 10.5. The molecule has 5 heteroatoms. The molecule has 2 aromatic rings. The van der Waals surface area contributed by atoms with E-state index in [1.807, 2.05) is 24.3 Å². The molecule has 0 saturated heterocycles. The molecule has 5 nitrogen and oxygen atoms in total. The summed E-state index contributed by atoms with van der Waals surface area (Å²) in [6.45, 7) is 0. The van der Waals surface area contributed by atoms with E-state index < -0.39 is 4.92 Å². The van der Waals surface area contributed by atoms with Crippen LogP contribution in [0.1, 0.15) is 16.7 Å². The molecule has 0 spiro atoms. The molecule has 0 bridgehead atoms. The molecule has 2 aromatic carbocycles. The summed E-state index contributed by atoms with van der Waals surface area (Å²) in [5, 5.41) is 19.6. The Bertz CT molecular complexity index is 713. The van der Waals surface area contributed by atoms with Crippen molar-refractivity contribution in [3.05, 3.63) is 69.3 Å². The summed E-state index contributed by atoms with van der Waals surface area (Å²) in [7, 11) is 0. The predicted molar refractivity (Wildman–Crippen MR) is 77.6 cm³/mol. The van der Waals surface area contributed by atoms with Gasteiger partial charge in [0.15, 0.2) is 0 Å². The minimum atomic E-state index is -0.563. The van der Waals surface area contributed by atoms with Crippen LogP contribution in [0.2, 0.25) is 0 Å². The Morgan fingerprint density at radius 2 is 1.70 bits per heavy atom. The molecule has 0 aliphatic rings. The van der Waals surface area contributed by atoms with Crippen molar-refractivity contribution in [2.75, 3.05) is 5.73 Å². The van der Waals surface area contributed by atoms with Crippen LogP contribution in [0.5, 0.6) is 0 Å². The number of nitriles is 1. The number of nitro benzene ring substituents is 1. The van der Waals surface area contributed by atoms with E-state index in [2.05, 4.69) is 0 Å². The molecule has 0 amide bonds. The van der Waals surface area contributed by atoms with Crippen LogP contribution in [0.25, 0.3) is 12.2 Å². The molecule has 0 aliphatic heterocycles. The third-order valence-corrected chi connectivity index (χ3v) is 2.74. The molecule has 0 aromatic heterocycles. The fourth-order valence-electron chi connectivity index (χ4n) is 1.71. The van der Waals surface area contributed by atoms with Crippen LogP contribution >= 0.6 is 0 Å². The standard InChI is InChI=1S/C15H11N3O2/c16-10-13-9-12(5-8-15(13)18(19)20)2-1-11-3-6-14(17)7-4-11/h1-9H,17H2/b2-1+. The first-order valence-electron chi connectivity index (χ1n) is 5.82. The Balaban J connectivity index is 2.28. The van der Waals surface area contributed by atoms with E-state index in [0.29, 0.717) is 5.69 Å². The SMILES string of the molecule is N#Cc1cc(/C=C/c2ccc(N)cc2)ccc1[N+](=O)[O-]. The van der Waals surface area contributed by atoms with Gasteiger partial charge in [-0.1, -0.05) is 24.3 Å². The Morgan fingerprint density at radius 3 is 2.30 bits per heavy atom. The maximum atomic E-state index is 10.7. The average molecular weight is 265 g/mol. The molecule has 2 rings (SSSR count). The van der Waals surface area contributed by atoms with Crippen molar-refractivity contribution < 1.29 is 4.92 Å². The number of benzene rings is 2. The Labute approximate surface area is 115 Å². The monoisotopic (exact) mass is 265 g/mol. The van der Waals surface area contributed by atoms with E-state index in [-0.39, 0.29) is 11.3 Å². The molecule has 0 heterocycles. The molecule has 0 fully saturated rings. The zero-order valence-electron chi connectivity index (χ0n) is 10.5. The summed E-state index contributed by atoms with van der Waals surface area (Å²) in [5.74, 6) is 0. The van der Waals surface area contributed by atoms with E-state index in [0.717, 1.165) is 11.1 Å². The van der Waals surface area contributed by atoms with Crippen LogP contribution in [0.4, 0.5) is 11.4 Å². The van der Waals surface area contributed by atoms with Gasteiger partial charge in [-0.05, 0) is 35.4 Å². The second-order valence-corrected chi connectivity index (χ2v) is 4.15. The van der Waals surface area contributed by atoms with E-state index >= 15 is 0 Å². The molecule has 0 unspecified atom stereocenters.